The number of carbonyl (C=O) groups is 2. The zero-order valence-corrected chi connectivity index (χ0v) is 16.6. The van der Waals surface area contributed by atoms with Gasteiger partial charge in [-0.3, -0.25) is 14.5 Å². The highest BCUT2D eigenvalue weighted by molar-refractivity contribution is 6.36. The lowest BCUT2D eigenvalue weighted by molar-refractivity contribution is -0.136. The van der Waals surface area contributed by atoms with Crippen molar-refractivity contribution < 1.29 is 14.3 Å². The predicted octanol–water partition coefficient (Wildman–Crippen LogP) is 4.25. The van der Waals surface area contributed by atoms with Crippen LogP contribution in [0.1, 0.15) is 38.3 Å². The Kier molecular flexibility index (Phi) is 6.14. The molecule has 2 aromatic rings. The smallest absolute Gasteiger partial charge is 0.278 e. The van der Waals surface area contributed by atoms with Crippen LogP contribution in [0.5, 0.6) is 5.75 Å². The molecule has 1 aliphatic heterocycles. The monoisotopic (exact) mass is 378 g/mol. The van der Waals surface area contributed by atoms with Crippen LogP contribution in [0.4, 0.5) is 5.69 Å². The zero-order chi connectivity index (χ0) is 20.1. The van der Waals surface area contributed by atoms with Crippen LogP contribution in [-0.4, -0.2) is 29.9 Å². The number of benzene rings is 2. The summed E-state index contributed by atoms with van der Waals surface area (Å²) in [7, 11) is 0. The van der Waals surface area contributed by atoms with Gasteiger partial charge in [-0.1, -0.05) is 38.1 Å². The number of ether oxygens (including phenoxy) is 1. The molecule has 146 valence electrons. The average Bonchev–Trinajstić information content (AvgIpc) is 2.96. The topological polar surface area (TPSA) is 58.6 Å². The number of anilines is 1. The SMILES string of the molecule is CCCOc1ccc(C2=C(Nc3ccc(CC)cc3)C(=O)N(CC)C2=O)cc1. The molecular weight excluding hydrogens is 352 g/mol. The first-order chi connectivity index (χ1) is 13.6. The van der Waals surface area contributed by atoms with Crippen molar-refractivity contribution in [2.24, 2.45) is 0 Å². The van der Waals surface area contributed by atoms with Gasteiger partial charge in [0.2, 0.25) is 0 Å². The summed E-state index contributed by atoms with van der Waals surface area (Å²) in [6.45, 7) is 6.91. The van der Waals surface area contributed by atoms with Gasteiger partial charge in [0, 0.05) is 12.2 Å². The Bertz CT molecular complexity index is 883. The number of nitrogens with zero attached hydrogens (tertiary/aromatic N) is 1. The lowest BCUT2D eigenvalue weighted by atomic mass is 10.0. The molecule has 3 rings (SSSR count). The van der Waals surface area contributed by atoms with Crippen LogP contribution in [0.3, 0.4) is 0 Å². The lowest BCUT2D eigenvalue weighted by Gasteiger charge is -2.12. The average molecular weight is 378 g/mol. The minimum atomic E-state index is -0.298. The Labute approximate surface area is 166 Å². The number of hydrogen-bond acceptors (Lipinski definition) is 4. The molecule has 5 nitrogen and oxygen atoms in total. The lowest BCUT2D eigenvalue weighted by Crippen LogP contribution is -2.32. The largest absolute Gasteiger partial charge is 0.494 e. The summed E-state index contributed by atoms with van der Waals surface area (Å²) >= 11 is 0. The van der Waals surface area contributed by atoms with Crippen LogP contribution >= 0.6 is 0 Å². The van der Waals surface area contributed by atoms with E-state index < -0.39 is 0 Å². The summed E-state index contributed by atoms with van der Waals surface area (Å²) in [5.41, 5.74) is 3.41. The van der Waals surface area contributed by atoms with E-state index >= 15 is 0 Å². The molecule has 0 unspecified atom stereocenters. The minimum absolute atomic E-state index is 0.276. The molecule has 0 bridgehead atoms. The first kappa shape index (κ1) is 19.7. The fourth-order valence-electron chi connectivity index (χ4n) is 3.15. The van der Waals surface area contributed by atoms with Gasteiger partial charge in [-0.2, -0.15) is 0 Å². The van der Waals surface area contributed by atoms with Crippen LogP contribution in [0.2, 0.25) is 0 Å². The van der Waals surface area contributed by atoms with Gasteiger partial charge in [-0.05, 0) is 55.2 Å². The zero-order valence-electron chi connectivity index (χ0n) is 16.6. The molecule has 0 fully saturated rings. The molecule has 28 heavy (non-hydrogen) atoms. The Balaban J connectivity index is 1.95. The van der Waals surface area contributed by atoms with Gasteiger partial charge >= 0.3 is 0 Å². The van der Waals surface area contributed by atoms with Gasteiger partial charge in [0.1, 0.15) is 11.4 Å². The van der Waals surface area contributed by atoms with Gasteiger partial charge in [-0.15, -0.1) is 0 Å². The molecule has 1 heterocycles. The standard InChI is InChI=1S/C23H26N2O3/c1-4-15-28-19-13-9-17(10-14-19)20-21(23(27)25(6-3)22(20)26)24-18-11-7-16(5-2)8-12-18/h7-14,24H,4-6,15H2,1-3H3. The van der Waals surface area contributed by atoms with Crippen LogP contribution in [-0.2, 0) is 16.0 Å². The molecule has 0 saturated carbocycles. The van der Waals surface area contributed by atoms with Crippen LogP contribution < -0.4 is 10.1 Å². The van der Waals surface area contributed by atoms with Crippen molar-refractivity contribution in [3.63, 3.8) is 0 Å². The van der Waals surface area contributed by atoms with Crippen molar-refractivity contribution in [1.82, 2.24) is 4.90 Å². The highest BCUT2D eigenvalue weighted by Gasteiger charge is 2.38. The van der Waals surface area contributed by atoms with E-state index in [4.69, 9.17) is 4.74 Å². The molecule has 2 amide bonds. The van der Waals surface area contributed by atoms with Gasteiger partial charge in [0.25, 0.3) is 11.8 Å². The van der Waals surface area contributed by atoms with Gasteiger partial charge < -0.3 is 10.1 Å². The van der Waals surface area contributed by atoms with Crippen molar-refractivity contribution >= 4 is 23.1 Å². The van der Waals surface area contributed by atoms with E-state index in [2.05, 4.69) is 12.2 Å². The third-order valence-corrected chi connectivity index (χ3v) is 4.73. The molecule has 0 spiro atoms. The fourth-order valence-corrected chi connectivity index (χ4v) is 3.15. The summed E-state index contributed by atoms with van der Waals surface area (Å²) in [5.74, 6) is 0.177. The number of hydrogen-bond donors (Lipinski definition) is 1. The maximum absolute atomic E-state index is 12.9. The summed E-state index contributed by atoms with van der Waals surface area (Å²) in [4.78, 5) is 27.0. The molecule has 0 saturated heterocycles. The Morgan fingerprint density at radius 1 is 0.893 bits per heavy atom. The molecule has 1 aliphatic rings. The summed E-state index contributed by atoms with van der Waals surface area (Å²) in [6.07, 6.45) is 1.87. The van der Waals surface area contributed by atoms with Crippen molar-refractivity contribution in [3.05, 3.63) is 65.4 Å². The van der Waals surface area contributed by atoms with E-state index in [1.54, 1.807) is 6.92 Å². The van der Waals surface area contributed by atoms with E-state index in [1.165, 1.54) is 10.5 Å². The van der Waals surface area contributed by atoms with E-state index in [-0.39, 0.29) is 11.8 Å². The highest BCUT2D eigenvalue weighted by atomic mass is 16.5. The number of imide groups is 1. The van der Waals surface area contributed by atoms with E-state index in [0.29, 0.717) is 30.0 Å². The number of rotatable bonds is 8. The highest BCUT2D eigenvalue weighted by Crippen LogP contribution is 2.31. The first-order valence-corrected chi connectivity index (χ1v) is 9.78. The van der Waals surface area contributed by atoms with Crippen LogP contribution in [0.25, 0.3) is 5.57 Å². The first-order valence-electron chi connectivity index (χ1n) is 9.78. The van der Waals surface area contributed by atoms with Crippen molar-refractivity contribution in [3.8, 4) is 5.75 Å². The summed E-state index contributed by atoms with van der Waals surface area (Å²) in [6, 6.07) is 15.2. The molecule has 1 N–H and O–H groups in total. The van der Waals surface area contributed by atoms with Gasteiger partial charge in [-0.25, -0.2) is 0 Å². The van der Waals surface area contributed by atoms with Crippen LogP contribution in [0, 0.1) is 0 Å². The number of carbonyl (C=O) groups excluding carboxylic acids is 2. The van der Waals surface area contributed by atoms with E-state index in [9.17, 15) is 9.59 Å². The number of nitrogens with one attached hydrogen (secondary N) is 1. The fraction of sp³-hybridized carbons (Fsp3) is 0.304. The number of aryl methyl sites for hydroxylation is 1. The second-order valence-corrected chi connectivity index (χ2v) is 6.65. The summed E-state index contributed by atoms with van der Waals surface area (Å²) < 4.78 is 5.61. The molecular formula is C23H26N2O3. The maximum Gasteiger partial charge on any atom is 0.278 e. The predicted molar refractivity (Wildman–Crippen MR) is 111 cm³/mol. The van der Waals surface area contributed by atoms with E-state index in [0.717, 1.165) is 24.3 Å². The molecule has 2 aromatic carbocycles. The second-order valence-electron chi connectivity index (χ2n) is 6.65. The Hall–Kier alpha value is -3.08. The second kappa shape index (κ2) is 8.74. The van der Waals surface area contributed by atoms with Gasteiger partial charge in [0.05, 0.1) is 12.2 Å². The molecule has 0 aliphatic carbocycles. The van der Waals surface area contributed by atoms with Gasteiger partial charge in [0.15, 0.2) is 0 Å². The third kappa shape index (κ3) is 3.93. The van der Waals surface area contributed by atoms with Crippen molar-refractivity contribution in [2.45, 2.75) is 33.6 Å². The molecule has 0 radical (unpaired) electrons. The van der Waals surface area contributed by atoms with Crippen LogP contribution in [0.15, 0.2) is 54.2 Å². The molecule has 0 aromatic heterocycles. The Morgan fingerprint density at radius 3 is 2.14 bits per heavy atom. The minimum Gasteiger partial charge on any atom is -0.494 e. The number of likely N-dealkylation sites (N-methyl/N-ethyl adjacent to an activating group) is 1. The molecule has 0 atom stereocenters. The third-order valence-electron chi connectivity index (χ3n) is 4.73. The maximum atomic E-state index is 12.9. The van der Waals surface area contributed by atoms with Crippen molar-refractivity contribution in [2.75, 3.05) is 18.5 Å². The quantitative estimate of drug-likeness (QED) is 0.698. The molecule has 5 heteroatoms. The number of amides is 2. The van der Waals surface area contributed by atoms with Crippen molar-refractivity contribution in [1.29, 1.82) is 0 Å². The normalized spacial score (nSPS) is 14.0. The Morgan fingerprint density at radius 2 is 1.57 bits per heavy atom. The summed E-state index contributed by atoms with van der Waals surface area (Å²) in [5, 5.41) is 3.17. The van der Waals surface area contributed by atoms with E-state index in [1.807, 2.05) is 55.5 Å².